The molecule has 1 aliphatic heterocycles. The fraction of sp³-hybridized carbons (Fsp3) is 0.600. The van der Waals surface area contributed by atoms with Crippen molar-refractivity contribution in [3.8, 4) is 0 Å². The van der Waals surface area contributed by atoms with E-state index in [1.807, 2.05) is 6.92 Å². The Morgan fingerprint density at radius 2 is 2.43 bits per heavy atom. The predicted molar refractivity (Wildman–Crippen MR) is 78.9 cm³/mol. The van der Waals surface area contributed by atoms with E-state index >= 15 is 0 Å². The van der Waals surface area contributed by atoms with Crippen LogP contribution in [0.4, 0.5) is 10.2 Å². The van der Waals surface area contributed by atoms with Crippen LogP contribution in [0.2, 0.25) is 0 Å². The Hall–Kier alpha value is -1.69. The van der Waals surface area contributed by atoms with Gasteiger partial charge < -0.3 is 15.0 Å². The zero-order valence-electron chi connectivity index (χ0n) is 12.6. The molecule has 6 heteroatoms. The summed E-state index contributed by atoms with van der Waals surface area (Å²) in [4.78, 5) is 18.1. The van der Waals surface area contributed by atoms with Gasteiger partial charge in [-0.05, 0) is 31.7 Å². The number of amides is 1. The number of halogens is 1. The zero-order chi connectivity index (χ0) is 15.2. The summed E-state index contributed by atoms with van der Waals surface area (Å²) in [6, 6.07) is 1.24. The summed E-state index contributed by atoms with van der Waals surface area (Å²) in [5.74, 6) is 0.0466. The molecule has 5 nitrogen and oxygen atoms in total. The van der Waals surface area contributed by atoms with E-state index in [-0.39, 0.29) is 11.5 Å². The molecule has 1 atom stereocenters. The molecular weight excluding hydrogens is 273 g/mol. The maximum Gasteiger partial charge on any atom is 0.257 e. The van der Waals surface area contributed by atoms with E-state index in [0.717, 1.165) is 25.6 Å². The number of hydrogen-bond acceptors (Lipinski definition) is 4. The number of hydrogen-bond donors (Lipinski definition) is 1. The molecule has 0 radical (unpaired) electrons. The summed E-state index contributed by atoms with van der Waals surface area (Å²) in [5.41, 5.74) is 0.274. The minimum Gasteiger partial charge on any atom is -0.381 e. The van der Waals surface area contributed by atoms with Crippen LogP contribution >= 0.6 is 0 Å². The summed E-state index contributed by atoms with van der Waals surface area (Å²) in [5, 5.41) is 2.99. The standard InChI is InChI=1S/C15H22FN3O2/c1-3-17-14-13(7-12(16)8-18-14)15(20)19(2)9-11-5-4-6-21-10-11/h7-8,11H,3-6,9-10H2,1-2H3,(H,17,18). The van der Waals surface area contributed by atoms with E-state index in [1.54, 1.807) is 11.9 Å². The largest absolute Gasteiger partial charge is 0.381 e. The summed E-state index contributed by atoms with van der Waals surface area (Å²) >= 11 is 0. The van der Waals surface area contributed by atoms with Gasteiger partial charge in [0.05, 0.1) is 18.4 Å². The average Bonchev–Trinajstić information content (AvgIpc) is 2.49. The van der Waals surface area contributed by atoms with Crippen molar-refractivity contribution < 1.29 is 13.9 Å². The first-order valence-electron chi connectivity index (χ1n) is 7.34. The van der Waals surface area contributed by atoms with Gasteiger partial charge in [-0.25, -0.2) is 9.37 Å². The second-order valence-corrected chi connectivity index (χ2v) is 5.35. The molecule has 2 heterocycles. The van der Waals surface area contributed by atoms with Gasteiger partial charge in [0.2, 0.25) is 0 Å². The Balaban J connectivity index is 2.08. The number of carbonyl (C=O) groups is 1. The molecule has 116 valence electrons. The fourth-order valence-electron chi connectivity index (χ4n) is 2.54. The predicted octanol–water partition coefficient (Wildman–Crippen LogP) is 2.15. The van der Waals surface area contributed by atoms with Gasteiger partial charge in [-0.3, -0.25) is 4.79 Å². The Labute approximate surface area is 124 Å². The quantitative estimate of drug-likeness (QED) is 0.904. The van der Waals surface area contributed by atoms with Crippen molar-refractivity contribution in [2.45, 2.75) is 19.8 Å². The smallest absolute Gasteiger partial charge is 0.257 e. The molecule has 1 unspecified atom stereocenters. The maximum atomic E-state index is 13.4. The fourth-order valence-corrected chi connectivity index (χ4v) is 2.54. The third-order valence-electron chi connectivity index (χ3n) is 3.56. The highest BCUT2D eigenvalue weighted by Crippen LogP contribution is 2.19. The van der Waals surface area contributed by atoms with Gasteiger partial charge in [-0.1, -0.05) is 0 Å². The van der Waals surface area contributed by atoms with Crippen molar-refractivity contribution in [2.24, 2.45) is 5.92 Å². The third-order valence-corrected chi connectivity index (χ3v) is 3.56. The van der Waals surface area contributed by atoms with Crippen LogP contribution < -0.4 is 5.32 Å². The van der Waals surface area contributed by atoms with Crippen LogP contribution in [-0.4, -0.2) is 49.1 Å². The minimum absolute atomic E-state index is 0.219. The van der Waals surface area contributed by atoms with Gasteiger partial charge in [0.25, 0.3) is 5.91 Å². The van der Waals surface area contributed by atoms with Crippen LogP contribution in [0.5, 0.6) is 0 Å². The average molecular weight is 295 g/mol. The Morgan fingerprint density at radius 3 is 3.10 bits per heavy atom. The summed E-state index contributed by atoms with van der Waals surface area (Å²) < 4.78 is 18.8. The SMILES string of the molecule is CCNc1ncc(F)cc1C(=O)N(C)CC1CCCOC1. The lowest BCUT2D eigenvalue weighted by Crippen LogP contribution is -2.35. The number of nitrogens with one attached hydrogen (secondary N) is 1. The van der Waals surface area contributed by atoms with E-state index < -0.39 is 5.82 Å². The zero-order valence-corrected chi connectivity index (χ0v) is 12.6. The van der Waals surface area contributed by atoms with Gasteiger partial charge in [-0.15, -0.1) is 0 Å². The minimum atomic E-state index is -0.505. The molecule has 1 aliphatic rings. The third kappa shape index (κ3) is 4.14. The van der Waals surface area contributed by atoms with Crippen molar-refractivity contribution in [3.05, 3.63) is 23.6 Å². The molecule has 1 amide bonds. The number of rotatable bonds is 5. The molecule has 0 saturated carbocycles. The molecule has 1 saturated heterocycles. The Bertz CT molecular complexity index is 490. The molecule has 0 aromatic carbocycles. The van der Waals surface area contributed by atoms with Crippen molar-refractivity contribution in [1.29, 1.82) is 0 Å². The molecule has 0 spiro atoms. The lowest BCUT2D eigenvalue weighted by atomic mass is 10.0. The maximum absolute atomic E-state index is 13.4. The van der Waals surface area contributed by atoms with Gasteiger partial charge >= 0.3 is 0 Å². The van der Waals surface area contributed by atoms with Gasteiger partial charge in [0, 0.05) is 26.7 Å². The normalized spacial score (nSPS) is 18.3. The monoisotopic (exact) mass is 295 g/mol. The van der Waals surface area contributed by atoms with E-state index in [4.69, 9.17) is 4.74 Å². The van der Waals surface area contributed by atoms with Crippen LogP contribution in [0.3, 0.4) is 0 Å². The summed E-state index contributed by atoms with van der Waals surface area (Å²) in [6.45, 7) is 4.62. The van der Waals surface area contributed by atoms with Crippen molar-refractivity contribution >= 4 is 11.7 Å². The van der Waals surface area contributed by atoms with Crippen molar-refractivity contribution in [2.75, 3.05) is 38.7 Å². The number of pyridine rings is 1. The van der Waals surface area contributed by atoms with E-state index in [2.05, 4.69) is 10.3 Å². The summed E-state index contributed by atoms with van der Waals surface area (Å²) in [6.07, 6.45) is 3.19. The Kier molecular flexibility index (Phi) is 5.50. The molecule has 0 bridgehead atoms. The lowest BCUT2D eigenvalue weighted by molar-refractivity contribution is 0.0388. The highest BCUT2D eigenvalue weighted by molar-refractivity contribution is 5.98. The highest BCUT2D eigenvalue weighted by Gasteiger charge is 2.22. The van der Waals surface area contributed by atoms with Crippen LogP contribution in [0.25, 0.3) is 0 Å². The molecule has 21 heavy (non-hydrogen) atoms. The van der Waals surface area contributed by atoms with Gasteiger partial charge in [-0.2, -0.15) is 0 Å². The Morgan fingerprint density at radius 1 is 1.62 bits per heavy atom. The molecule has 0 aliphatic carbocycles. The first kappa shape index (κ1) is 15.7. The molecule has 1 aromatic rings. The molecular formula is C15H22FN3O2. The number of anilines is 1. The first-order chi connectivity index (χ1) is 10.1. The van der Waals surface area contributed by atoms with Gasteiger partial charge in [0.1, 0.15) is 11.6 Å². The number of aromatic nitrogens is 1. The number of ether oxygens (including phenoxy) is 1. The molecule has 2 rings (SSSR count). The van der Waals surface area contributed by atoms with Crippen LogP contribution in [0, 0.1) is 11.7 Å². The molecule has 1 fully saturated rings. The topological polar surface area (TPSA) is 54.5 Å². The number of carbonyl (C=O) groups excluding carboxylic acids is 1. The molecule has 1 aromatic heterocycles. The van der Waals surface area contributed by atoms with Crippen LogP contribution in [-0.2, 0) is 4.74 Å². The lowest BCUT2D eigenvalue weighted by Gasteiger charge is -2.27. The van der Waals surface area contributed by atoms with Crippen LogP contribution in [0.1, 0.15) is 30.1 Å². The first-order valence-corrected chi connectivity index (χ1v) is 7.34. The van der Waals surface area contributed by atoms with E-state index in [0.29, 0.717) is 31.4 Å². The van der Waals surface area contributed by atoms with Gasteiger partial charge in [0.15, 0.2) is 0 Å². The van der Waals surface area contributed by atoms with Crippen molar-refractivity contribution in [1.82, 2.24) is 9.88 Å². The van der Waals surface area contributed by atoms with E-state index in [1.165, 1.54) is 6.07 Å². The molecule has 1 N–H and O–H groups in total. The second kappa shape index (κ2) is 7.36. The number of nitrogens with zero attached hydrogens (tertiary/aromatic N) is 2. The second-order valence-electron chi connectivity index (χ2n) is 5.35. The summed E-state index contributed by atoms with van der Waals surface area (Å²) in [7, 11) is 1.73. The van der Waals surface area contributed by atoms with Crippen LogP contribution in [0.15, 0.2) is 12.3 Å². The van der Waals surface area contributed by atoms with Crippen molar-refractivity contribution in [3.63, 3.8) is 0 Å². The highest BCUT2D eigenvalue weighted by atomic mass is 19.1. The van der Waals surface area contributed by atoms with E-state index in [9.17, 15) is 9.18 Å².